The molecule has 0 saturated heterocycles. The Morgan fingerprint density at radius 1 is 1.03 bits per heavy atom. The zero-order valence-corrected chi connectivity index (χ0v) is 19.7. The largest absolute Gasteiger partial charge is 0.493 e. The van der Waals surface area contributed by atoms with Gasteiger partial charge in [-0.2, -0.15) is 23.1 Å². The molecule has 0 aliphatic rings. The summed E-state index contributed by atoms with van der Waals surface area (Å²) in [5.41, 5.74) is 1.61. The van der Waals surface area contributed by atoms with Crippen LogP contribution in [0, 0.1) is 0 Å². The lowest BCUT2D eigenvalue weighted by molar-refractivity contribution is -0.159. The first kappa shape index (κ1) is 25.7. The van der Waals surface area contributed by atoms with Gasteiger partial charge in [-0.1, -0.05) is 5.16 Å². The van der Waals surface area contributed by atoms with Gasteiger partial charge in [-0.15, -0.1) is 11.8 Å². The molecule has 35 heavy (non-hydrogen) atoms. The van der Waals surface area contributed by atoms with Crippen LogP contribution in [0.4, 0.5) is 23.7 Å². The quantitative estimate of drug-likeness (QED) is 0.321. The van der Waals surface area contributed by atoms with Crippen LogP contribution in [0.1, 0.15) is 11.5 Å². The van der Waals surface area contributed by atoms with E-state index in [1.807, 2.05) is 0 Å². The Morgan fingerprint density at radius 2 is 1.71 bits per heavy atom. The minimum absolute atomic E-state index is 0.218. The van der Waals surface area contributed by atoms with Crippen LogP contribution in [0.5, 0.6) is 11.5 Å². The number of methoxy groups -OCH3 is 3. The molecule has 0 saturated carbocycles. The molecule has 0 unspecified atom stereocenters. The van der Waals surface area contributed by atoms with Crippen molar-refractivity contribution in [1.82, 2.24) is 10.1 Å². The van der Waals surface area contributed by atoms with Gasteiger partial charge in [-0.3, -0.25) is 0 Å². The van der Waals surface area contributed by atoms with Crippen LogP contribution in [0.2, 0.25) is 0 Å². The number of aromatic nitrogens is 2. The summed E-state index contributed by atoms with van der Waals surface area (Å²) in [6.45, 7) is 0. The minimum atomic E-state index is -4.74. The average Bonchev–Trinajstić information content (AvgIpc) is 3.37. The Balaban J connectivity index is 2.05. The number of ether oxygens (including phenoxy) is 3. The van der Waals surface area contributed by atoms with E-state index >= 15 is 0 Å². The number of hydrogen-bond acceptors (Lipinski definition) is 9. The van der Waals surface area contributed by atoms with Crippen molar-refractivity contribution in [2.24, 2.45) is 9.98 Å². The number of alkyl halides is 3. The van der Waals surface area contributed by atoms with Crippen LogP contribution >= 0.6 is 11.8 Å². The first-order chi connectivity index (χ1) is 16.7. The summed E-state index contributed by atoms with van der Waals surface area (Å²) in [7, 11) is 4.19. The zero-order chi connectivity index (χ0) is 25.6. The number of rotatable bonds is 6. The summed E-state index contributed by atoms with van der Waals surface area (Å²) in [6.07, 6.45) is -3.83. The molecule has 1 heterocycles. The van der Waals surface area contributed by atoms with E-state index in [2.05, 4.69) is 29.4 Å². The van der Waals surface area contributed by atoms with Crippen molar-refractivity contribution in [2.75, 3.05) is 27.6 Å². The first-order valence-electron chi connectivity index (χ1n) is 9.73. The van der Waals surface area contributed by atoms with Gasteiger partial charge in [-0.05, 0) is 48.7 Å². The molecule has 184 valence electrons. The standard InChI is InChI=1S/C22H19F3N4O5S/c1-31-15-10-7-13(11-16(15)32-2)17(19(35-4)28-21(30)33-3)26-14-8-5-12(6-9-14)18-27-20(34-29-18)22(23,24)25/h5-11H,1-4H3/b26-17?,28-19-. The molecule has 0 N–H and O–H groups in total. The molecule has 1 amide bonds. The summed E-state index contributed by atoms with van der Waals surface area (Å²) in [4.78, 5) is 23.8. The molecule has 0 aliphatic heterocycles. The third-order valence-electron chi connectivity index (χ3n) is 4.46. The average molecular weight is 508 g/mol. The molecule has 3 rings (SSSR count). The molecule has 1 aromatic heterocycles. The number of nitrogens with zero attached hydrogens (tertiary/aromatic N) is 4. The van der Waals surface area contributed by atoms with Crippen LogP contribution in [-0.4, -0.2) is 54.6 Å². The van der Waals surface area contributed by atoms with Crippen molar-refractivity contribution in [3.63, 3.8) is 0 Å². The highest BCUT2D eigenvalue weighted by atomic mass is 32.2. The summed E-state index contributed by atoms with van der Waals surface area (Å²) < 4.78 is 57.8. The molecule has 0 atom stereocenters. The maximum Gasteiger partial charge on any atom is 0.471 e. The Morgan fingerprint density at radius 3 is 2.26 bits per heavy atom. The third-order valence-corrected chi connectivity index (χ3v) is 5.13. The molecule has 0 radical (unpaired) electrons. The molecular weight excluding hydrogens is 489 g/mol. The third kappa shape index (κ3) is 6.18. The minimum Gasteiger partial charge on any atom is -0.493 e. The summed E-state index contributed by atoms with van der Waals surface area (Å²) >= 11 is 1.17. The highest BCUT2D eigenvalue weighted by Crippen LogP contribution is 2.31. The van der Waals surface area contributed by atoms with Crippen molar-refractivity contribution in [1.29, 1.82) is 0 Å². The van der Waals surface area contributed by atoms with Gasteiger partial charge in [0.25, 0.3) is 0 Å². The zero-order valence-electron chi connectivity index (χ0n) is 18.9. The van der Waals surface area contributed by atoms with Gasteiger partial charge in [0, 0.05) is 11.1 Å². The van der Waals surface area contributed by atoms with Gasteiger partial charge >= 0.3 is 18.2 Å². The molecule has 0 aliphatic carbocycles. The second kappa shape index (κ2) is 11.0. The maximum atomic E-state index is 12.7. The number of thioether (sulfide) groups is 1. The van der Waals surface area contributed by atoms with Gasteiger partial charge in [0.1, 0.15) is 10.8 Å². The predicted octanol–water partition coefficient (Wildman–Crippen LogP) is 5.42. The lowest BCUT2D eigenvalue weighted by atomic mass is 10.1. The van der Waals surface area contributed by atoms with E-state index in [1.54, 1.807) is 36.6 Å². The van der Waals surface area contributed by atoms with E-state index in [4.69, 9.17) is 9.47 Å². The van der Waals surface area contributed by atoms with Crippen LogP contribution in [0.3, 0.4) is 0 Å². The van der Waals surface area contributed by atoms with Crippen LogP contribution in [-0.2, 0) is 10.9 Å². The highest BCUT2D eigenvalue weighted by molar-refractivity contribution is 8.15. The number of aliphatic imine (C=N–C) groups is 2. The molecule has 0 spiro atoms. The summed E-state index contributed by atoms with van der Waals surface area (Å²) in [5, 5.41) is 3.63. The van der Waals surface area contributed by atoms with E-state index < -0.39 is 18.2 Å². The van der Waals surface area contributed by atoms with E-state index in [0.717, 1.165) is 0 Å². The van der Waals surface area contributed by atoms with E-state index in [-0.39, 0.29) is 10.9 Å². The first-order valence-corrected chi connectivity index (χ1v) is 11.0. The summed E-state index contributed by atoms with van der Waals surface area (Å²) in [6, 6.07) is 11.2. The monoisotopic (exact) mass is 508 g/mol. The van der Waals surface area contributed by atoms with Crippen LogP contribution < -0.4 is 9.47 Å². The Kier molecular flexibility index (Phi) is 8.12. The van der Waals surface area contributed by atoms with E-state index in [1.165, 1.54) is 45.2 Å². The van der Waals surface area contributed by atoms with Gasteiger partial charge in [-0.25, -0.2) is 9.79 Å². The SMILES string of the molecule is COC(=O)/N=C(\SC)C(=Nc1ccc(-c2noc(C(F)(F)F)n2)cc1)c1ccc(OC)c(OC)c1. The van der Waals surface area contributed by atoms with E-state index in [0.29, 0.717) is 34.0 Å². The molecule has 0 bridgehead atoms. The van der Waals surface area contributed by atoms with Crippen LogP contribution in [0.15, 0.2) is 57.0 Å². The molecule has 2 aromatic carbocycles. The molecule has 3 aromatic rings. The van der Waals surface area contributed by atoms with Gasteiger partial charge < -0.3 is 18.7 Å². The second-order valence-electron chi connectivity index (χ2n) is 6.59. The fourth-order valence-corrected chi connectivity index (χ4v) is 3.34. The van der Waals surface area contributed by atoms with Crippen molar-refractivity contribution in [3.05, 3.63) is 53.9 Å². The maximum absolute atomic E-state index is 12.7. The normalized spacial score (nSPS) is 12.4. The Hall–Kier alpha value is -3.87. The summed E-state index contributed by atoms with van der Waals surface area (Å²) in [5.74, 6) is -0.725. The molecule has 0 fully saturated rings. The number of amides is 1. The van der Waals surface area contributed by atoms with Crippen LogP contribution in [0.25, 0.3) is 11.4 Å². The lowest BCUT2D eigenvalue weighted by Gasteiger charge is -2.12. The van der Waals surface area contributed by atoms with Crippen molar-refractivity contribution in [3.8, 4) is 22.9 Å². The van der Waals surface area contributed by atoms with Crippen molar-refractivity contribution in [2.45, 2.75) is 6.18 Å². The van der Waals surface area contributed by atoms with Crippen molar-refractivity contribution < 1.29 is 36.7 Å². The van der Waals surface area contributed by atoms with E-state index in [9.17, 15) is 18.0 Å². The predicted molar refractivity (Wildman–Crippen MR) is 124 cm³/mol. The van der Waals surface area contributed by atoms with Gasteiger partial charge in [0.05, 0.1) is 27.0 Å². The fraction of sp³-hybridized carbons (Fsp3) is 0.227. The topological polar surface area (TPSA) is 108 Å². The smallest absolute Gasteiger partial charge is 0.471 e. The molecular formula is C22H19F3N4O5S. The Bertz CT molecular complexity index is 1260. The van der Waals surface area contributed by atoms with Gasteiger partial charge in [0.15, 0.2) is 11.5 Å². The number of carbonyl (C=O) groups is 1. The number of benzene rings is 2. The van der Waals surface area contributed by atoms with Gasteiger partial charge in [0.2, 0.25) is 5.82 Å². The number of carbonyl (C=O) groups excluding carboxylic acids is 1. The lowest BCUT2D eigenvalue weighted by Crippen LogP contribution is -2.14. The molecule has 9 nitrogen and oxygen atoms in total. The number of halogens is 3. The van der Waals surface area contributed by atoms with Crippen molar-refractivity contribution >= 4 is 34.3 Å². The Labute approximate surface area is 202 Å². The fourth-order valence-electron chi connectivity index (χ4n) is 2.81. The number of hydrogen-bond donors (Lipinski definition) is 0. The molecule has 13 heteroatoms. The second-order valence-corrected chi connectivity index (χ2v) is 7.38. The highest BCUT2D eigenvalue weighted by Gasteiger charge is 2.38.